The van der Waals surface area contributed by atoms with Gasteiger partial charge in [0.05, 0.1) is 41.8 Å². The van der Waals surface area contributed by atoms with Crippen molar-refractivity contribution in [3.8, 4) is 39.3 Å². The lowest BCUT2D eigenvalue weighted by Crippen LogP contribution is -2.53. The maximum absolute atomic E-state index is 14.3. The topological polar surface area (TPSA) is 539 Å². The van der Waals surface area contributed by atoms with Crippen LogP contribution >= 0.6 is 34.8 Å². The molecule has 4 aromatic carbocycles. The zero-order chi connectivity index (χ0) is 79.2. The number of para-hydroxylation sites is 1. The first-order valence-corrected chi connectivity index (χ1v) is 40.0. The minimum atomic E-state index is -5.82. The van der Waals surface area contributed by atoms with Gasteiger partial charge in [0.25, 0.3) is 17.7 Å². The Morgan fingerprint density at radius 1 is 0.793 bits per heavy atom. The predicted octanol–water partition coefficient (Wildman–Crippen LogP) is 4.45. The number of aromatic nitrogens is 3. The van der Waals surface area contributed by atoms with Gasteiger partial charge in [0.2, 0.25) is 17.7 Å². The molecule has 0 bridgehead atoms. The first-order valence-electron chi connectivity index (χ1n) is 34.7. The zero-order valence-electron chi connectivity index (χ0n) is 59.2. The third-order valence-corrected chi connectivity index (χ3v) is 21.7. The number of allylic oxidation sites excluding steroid dienone is 6. The van der Waals surface area contributed by atoms with Crippen molar-refractivity contribution >= 4 is 103 Å². The number of hydrogen-bond acceptors (Lipinski definition) is 26. The van der Waals surface area contributed by atoms with E-state index in [2.05, 4.69) is 67.2 Å². The van der Waals surface area contributed by atoms with Crippen molar-refractivity contribution in [3.05, 3.63) is 182 Å². The number of nitrogens with two attached hydrogens (primary N) is 3. The van der Waals surface area contributed by atoms with Gasteiger partial charge in [0.1, 0.15) is 65.5 Å². The molecule has 40 heteroatoms. The Balaban J connectivity index is 0.645. The number of nitrogen functional groups attached to an aromatic ring is 1. The standard InChI is InChI=1S/C71H80N13O23P3S/c72-42-102-55-36-61(104-56(55)39-103-109(96,97)107-110(98,99)106-108(93,94)95)84-38-46(64(74)83-71(84)92)21-15-31-76-60(86)41-101-58(73)40-100-47-22-13-19-45(33-47)66(88)77-28-11-4-12-29-79-68(90)53(37-80-65(87)43-17-5-2-1-3-6-18-43)81-59(85)27-16-32-78-67(89)49-24-8-7-23-48(49)62-50-34-44-20-14-30-75-52(44)35-54(50)105-70(91)63(62)69-82-51-25-9-10-26-57(51)111-69/h1-3,5-10,13,17-19,22-26,33-35,38,53,55-56,58,61,75H,4,11-12,14,16,20,27-32,36-37,39-42,72-73H2,(H,76,86)(H,77,88)(H,78,89)(H,79,90)(H,80,87)(H,81,85)(H,96,97)(H,98,99)(H2,74,83,92)(H2,93,94,95)/b2-1-,3-1?,5-2?,6-3-,17-5?,18-6?,43-17?,43-18?. The average molecular weight is 1610 g/mol. The quantitative estimate of drug-likeness (QED) is 0.00848. The maximum atomic E-state index is 14.3. The SMILES string of the molecule is NCOC1CC(n2cc(C#CCNC(=O)COC(N)COc3cccc(C(=O)NCCCCCNC(=O)C(CNC(=O)C4=C/C=C\C=C/C=C4)NC(=O)CCCNC(=O)c4ccccc4-c4c(-c5nc6ccccc6s5)c(=O)oc5cc6c(cc45)CCCN6)c3)c(N)nc2=O)OC1COP(=O)(O)OP(=O)(O)OP(=O)(O)O. The molecule has 7 aromatic rings. The van der Waals surface area contributed by atoms with Gasteiger partial charge in [-0.3, -0.25) is 37.9 Å². The van der Waals surface area contributed by atoms with E-state index in [1.165, 1.54) is 23.6 Å². The molecule has 1 fully saturated rings. The van der Waals surface area contributed by atoms with Crippen LogP contribution in [0.5, 0.6) is 5.75 Å². The Kier molecular flexibility index (Phi) is 29.4. The van der Waals surface area contributed by atoms with Crippen molar-refractivity contribution in [2.45, 2.75) is 82.1 Å². The highest BCUT2D eigenvalue weighted by molar-refractivity contribution is 7.66. The fourth-order valence-electron chi connectivity index (χ4n) is 11.7. The van der Waals surface area contributed by atoms with E-state index in [-0.39, 0.29) is 92.4 Å². The van der Waals surface area contributed by atoms with E-state index in [1.807, 2.05) is 36.4 Å². The number of hydrogen-bond donors (Lipinski definition) is 14. The largest absolute Gasteiger partial charge is 0.490 e. The van der Waals surface area contributed by atoms with Crippen LogP contribution in [-0.4, -0.2) is 160 Å². The van der Waals surface area contributed by atoms with Crippen molar-refractivity contribution in [1.82, 2.24) is 46.4 Å². The molecule has 0 spiro atoms. The monoisotopic (exact) mass is 1610 g/mol. The van der Waals surface area contributed by atoms with Gasteiger partial charge in [0, 0.05) is 91.2 Å². The number of carbonyl (C=O) groups is 6. The molecule has 7 atom stereocenters. The molecular formula is C71H80N13O23P3S. The molecule has 7 unspecified atom stereocenters. The Morgan fingerprint density at radius 2 is 1.55 bits per heavy atom. The number of anilines is 2. The Bertz CT molecular complexity index is 5060. The summed E-state index contributed by atoms with van der Waals surface area (Å²) < 4.78 is 77.3. The number of thiazole rings is 1. The molecule has 0 radical (unpaired) electrons. The molecule has 36 nitrogen and oxygen atoms in total. The second kappa shape index (κ2) is 39.1. The second-order valence-corrected chi connectivity index (χ2v) is 30.3. The number of phosphoric ester groups is 1. The summed E-state index contributed by atoms with van der Waals surface area (Å²) in [7, 11) is -17.0. The van der Waals surface area contributed by atoms with Crippen molar-refractivity contribution in [2.75, 3.05) is 76.9 Å². The molecule has 5 heterocycles. The van der Waals surface area contributed by atoms with Gasteiger partial charge >= 0.3 is 34.8 Å². The first kappa shape index (κ1) is 83.3. The minimum Gasteiger partial charge on any atom is -0.489 e. The number of ether oxygens (including phenoxy) is 4. The Morgan fingerprint density at radius 3 is 2.35 bits per heavy atom. The minimum absolute atomic E-state index is 0.00250. The third kappa shape index (κ3) is 24.2. The van der Waals surface area contributed by atoms with Gasteiger partial charge in [-0.15, -0.1) is 11.3 Å². The van der Waals surface area contributed by atoms with Gasteiger partial charge in [-0.1, -0.05) is 78.6 Å². The molecule has 1 aliphatic carbocycles. The number of unbranched alkanes of at least 4 members (excludes halogenated alkanes) is 2. The van der Waals surface area contributed by atoms with E-state index >= 15 is 0 Å². The van der Waals surface area contributed by atoms with Crippen LogP contribution in [0, 0.1) is 11.8 Å². The zero-order valence-corrected chi connectivity index (χ0v) is 62.7. The lowest BCUT2D eigenvalue weighted by molar-refractivity contribution is -0.129. The van der Waals surface area contributed by atoms with Crippen LogP contribution in [0.1, 0.15) is 83.0 Å². The third-order valence-electron chi connectivity index (χ3n) is 16.8. The Hall–Kier alpha value is -10.2. The lowest BCUT2D eigenvalue weighted by atomic mass is 9.91. The fraction of sp³-hybridized carbons (Fsp3) is 0.324. The highest BCUT2D eigenvalue weighted by Crippen LogP contribution is 2.66. The highest BCUT2D eigenvalue weighted by atomic mass is 32.1. The lowest BCUT2D eigenvalue weighted by Gasteiger charge is -2.21. The summed E-state index contributed by atoms with van der Waals surface area (Å²) in [5.74, 6) is 2.27. The number of fused-ring (bicyclic) bond motifs is 3. The van der Waals surface area contributed by atoms with Gasteiger partial charge in [-0.2, -0.15) is 13.6 Å². The van der Waals surface area contributed by atoms with Crippen LogP contribution in [0.25, 0.3) is 42.9 Å². The van der Waals surface area contributed by atoms with E-state index in [1.54, 1.807) is 85.0 Å². The fourth-order valence-corrected chi connectivity index (χ4v) is 15.7. The van der Waals surface area contributed by atoms with Crippen molar-refractivity contribution in [3.63, 3.8) is 0 Å². The maximum Gasteiger partial charge on any atom is 0.490 e. The number of benzene rings is 4. The first-order chi connectivity index (χ1) is 53.2. The summed E-state index contributed by atoms with van der Waals surface area (Å²) in [4.78, 5) is 153. The molecule has 588 valence electrons. The van der Waals surface area contributed by atoms with E-state index < -0.39 is 121 Å². The van der Waals surface area contributed by atoms with Crippen molar-refractivity contribution in [1.29, 1.82) is 0 Å². The molecule has 6 amide bonds. The highest BCUT2D eigenvalue weighted by Gasteiger charge is 2.44. The van der Waals surface area contributed by atoms with Gasteiger partial charge in [-0.25, -0.2) is 28.3 Å². The normalized spacial score (nSPS) is 17.5. The predicted molar refractivity (Wildman–Crippen MR) is 405 cm³/mol. The van der Waals surface area contributed by atoms with Crippen LogP contribution in [-0.2, 0) is 66.6 Å². The molecule has 2 aliphatic heterocycles. The molecular weight excluding hydrogens is 1530 g/mol. The van der Waals surface area contributed by atoms with E-state index in [4.69, 9.17) is 55.3 Å². The molecule has 10 rings (SSSR count). The molecule has 0 saturated carbocycles. The summed E-state index contributed by atoms with van der Waals surface area (Å²) in [6.07, 6.45) is 11.7. The summed E-state index contributed by atoms with van der Waals surface area (Å²) in [6, 6.07) is 23.4. The van der Waals surface area contributed by atoms with Crippen LogP contribution in [0.2, 0.25) is 0 Å². The van der Waals surface area contributed by atoms with Gasteiger partial charge < -0.3 is 97.4 Å². The summed E-state index contributed by atoms with van der Waals surface area (Å²) in [6.45, 7) is -1.24. The number of rotatable bonds is 36. The second-order valence-electron chi connectivity index (χ2n) is 24.9. The van der Waals surface area contributed by atoms with E-state index in [0.29, 0.717) is 57.5 Å². The Labute approximate surface area is 637 Å². The van der Waals surface area contributed by atoms with Crippen LogP contribution < -0.4 is 70.5 Å². The van der Waals surface area contributed by atoms with Crippen LogP contribution in [0.4, 0.5) is 11.5 Å². The van der Waals surface area contributed by atoms with Crippen LogP contribution in [0.15, 0.2) is 153 Å². The smallest absolute Gasteiger partial charge is 0.489 e. The summed E-state index contributed by atoms with van der Waals surface area (Å²) in [5, 5.41) is 21.1. The van der Waals surface area contributed by atoms with E-state index in [9.17, 15) is 61.8 Å². The molecule has 111 heavy (non-hydrogen) atoms. The van der Waals surface area contributed by atoms with Gasteiger partial charge in [-0.05, 0) is 104 Å². The van der Waals surface area contributed by atoms with Crippen molar-refractivity contribution < 1.29 is 98.5 Å². The van der Waals surface area contributed by atoms with Crippen LogP contribution in [0.3, 0.4) is 0 Å². The van der Waals surface area contributed by atoms with Gasteiger partial charge in [0.15, 0.2) is 0 Å². The average Bonchev–Trinajstić information content (AvgIpc) is 1.70. The number of phosphoric acid groups is 3. The molecule has 1 saturated heterocycles. The molecule has 3 aliphatic rings. The molecule has 3 aromatic heterocycles. The number of amides is 6. The summed E-state index contributed by atoms with van der Waals surface area (Å²) >= 11 is 1.35. The number of aryl methyl sites for hydroxylation is 1. The molecule has 17 N–H and O–H groups in total. The summed E-state index contributed by atoms with van der Waals surface area (Å²) in [5.41, 5.74) is 21.1. The van der Waals surface area contributed by atoms with E-state index in [0.717, 1.165) is 39.9 Å². The van der Waals surface area contributed by atoms with Crippen molar-refractivity contribution in [2.24, 2.45) is 11.5 Å². The number of carbonyl (C=O) groups excluding carboxylic acids is 6. The number of nitrogens with zero attached hydrogens (tertiary/aromatic N) is 3. The number of nitrogens with one attached hydrogen (secondary N) is 7.